The molecular formula is C21H16ClF3N6O4S. The zero-order valence-electron chi connectivity index (χ0n) is 18.1. The van der Waals surface area contributed by atoms with Crippen LogP contribution in [0.25, 0.3) is 16.7 Å². The summed E-state index contributed by atoms with van der Waals surface area (Å²) in [6, 6.07) is 10.9. The molecule has 0 radical (unpaired) electrons. The molecule has 0 aliphatic carbocycles. The molecule has 2 N–H and O–H groups in total. The maximum Gasteiger partial charge on any atom is 0.434 e. The van der Waals surface area contributed by atoms with Gasteiger partial charge >= 0.3 is 12.3 Å². The van der Waals surface area contributed by atoms with E-state index in [1.165, 1.54) is 36.0 Å². The van der Waals surface area contributed by atoms with Gasteiger partial charge in [-0.25, -0.2) is 19.5 Å². The highest BCUT2D eigenvalue weighted by atomic mass is 35.5. The Morgan fingerprint density at radius 2 is 1.83 bits per heavy atom. The summed E-state index contributed by atoms with van der Waals surface area (Å²) in [5.41, 5.74) is 4.02. The second kappa shape index (κ2) is 10.9. The topological polar surface area (TPSA) is 124 Å². The first-order valence-corrected chi connectivity index (χ1v) is 11.7. The maximum atomic E-state index is 13.7. The number of hydrogen-bond acceptors (Lipinski definition) is 8. The Morgan fingerprint density at radius 1 is 1.08 bits per heavy atom. The van der Waals surface area contributed by atoms with E-state index in [1.807, 2.05) is 23.0 Å². The number of hydrazine groups is 1. The molecule has 4 aromatic rings. The van der Waals surface area contributed by atoms with Crippen molar-refractivity contribution in [1.29, 1.82) is 0 Å². The largest absolute Gasteiger partial charge is 0.447 e. The number of amides is 2. The highest BCUT2D eigenvalue weighted by molar-refractivity contribution is 7.98. The Hall–Kier alpha value is -3.78. The lowest BCUT2D eigenvalue weighted by atomic mass is 10.2. The number of thioether (sulfide) groups is 1. The molecule has 36 heavy (non-hydrogen) atoms. The van der Waals surface area contributed by atoms with Gasteiger partial charge in [0.2, 0.25) is 0 Å². The number of alkyl halides is 3. The molecule has 0 saturated carbocycles. The molecule has 15 heteroatoms. The first-order valence-electron chi connectivity index (χ1n) is 10.2. The van der Waals surface area contributed by atoms with Crippen LogP contribution in [0, 0.1) is 0 Å². The third-order valence-electron chi connectivity index (χ3n) is 4.68. The van der Waals surface area contributed by atoms with Crippen molar-refractivity contribution in [3.63, 3.8) is 0 Å². The monoisotopic (exact) mass is 540 g/mol. The minimum Gasteiger partial charge on any atom is -0.447 e. The molecule has 2 aromatic heterocycles. The molecule has 4 rings (SSSR count). The van der Waals surface area contributed by atoms with Crippen LogP contribution in [0.3, 0.4) is 0 Å². The Morgan fingerprint density at radius 3 is 2.58 bits per heavy atom. The molecule has 0 fully saturated rings. The van der Waals surface area contributed by atoms with E-state index < -0.39 is 29.4 Å². The number of nitrogens with zero attached hydrogens (tertiary/aromatic N) is 4. The number of aromatic nitrogens is 4. The number of rotatable bonds is 7. The van der Waals surface area contributed by atoms with Crippen LogP contribution < -0.4 is 10.9 Å². The van der Waals surface area contributed by atoms with E-state index in [0.717, 1.165) is 11.8 Å². The number of fused-ring (bicyclic) bond motifs is 1. The second-order valence-electron chi connectivity index (χ2n) is 7.15. The molecule has 10 nitrogen and oxygen atoms in total. The van der Waals surface area contributed by atoms with Gasteiger partial charge < -0.3 is 4.74 Å². The molecule has 0 unspecified atom stereocenters. The van der Waals surface area contributed by atoms with Crippen molar-refractivity contribution in [3.8, 4) is 5.69 Å². The van der Waals surface area contributed by atoms with Gasteiger partial charge in [-0.15, -0.1) is 0 Å². The number of carbonyl (C=O) groups is 2. The van der Waals surface area contributed by atoms with Crippen LogP contribution in [-0.2, 0) is 16.7 Å². The summed E-state index contributed by atoms with van der Waals surface area (Å²) in [7, 11) is 0. The fraction of sp³-hybridized carbons (Fsp3) is 0.190. The van der Waals surface area contributed by atoms with Crippen LogP contribution in [-0.4, -0.2) is 44.5 Å². The predicted molar refractivity (Wildman–Crippen MR) is 123 cm³/mol. The molecule has 0 atom stereocenters. The SMILES string of the molecule is O=C(NNC(=O)c1cnn(-c2ccc(Cl)cc2)c1C(F)(F)F)OCCSCc1ccc2nonc2c1. The molecule has 2 amide bonds. The van der Waals surface area contributed by atoms with Gasteiger partial charge in [0.15, 0.2) is 5.69 Å². The van der Waals surface area contributed by atoms with Crippen molar-refractivity contribution in [1.82, 2.24) is 30.9 Å². The van der Waals surface area contributed by atoms with Gasteiger partial charge in [0, 0.05) is 16.5 Å². The Bertz CT molecular complexity index is 1380. The van der Waals surface area contributed by atoms with Crippen LogP contribution in [0.1, 0.15) is 21.6 Å². The molecule has 0 saturated heterocycles. The average molecular weight is 541 g/mol. The van der Waals surface area contributed by atoms with E-state index >= 15 is 0 Å². The van der Waals surface area contributed by atoms with Gasteiger partial charge in [-0.3, -0.25) is 10.2 Å². The standard InChI is InChI=1S/C21H16ClF3N6O4S/c22-13-2-4-14(5-3-13)31-18(21(23,24)25)15(10-26-31)19(32)27-28-20(33)34-7-8-36-11-12-1-6-16-17(9-12)30-35-29-16/h1-6,9-10H,7-8,11H2,(H,27,32)(H,28,33). The lowest BCUT2D eigenvalue weighted by Crippen LogP contribution is -2.42. The summed E-state index contributed by atoms with van der Waals surface area (Å²) in [5.74, 6) is -0.170. The fourth-order valence-corrected chi connectivity index (χ4v) is 3.96. The quantitative estimate of drug-likeness (QED) is 0.261. The summed E-state index contributed by atoms with van der Waals surface area (Å²) in [6.45, 7) is 0.00241. The van der Waals surface area contributed by atoms with E-state index in [2.05, 4.69) is 20.0 Å². The van der Waals surface area contributed by atoms with Crippen molar-refractivity contribution in [2.24, 2.45) is 0 Å². The summed E-state index contributed by atoms with van der Waals surface area (Å²) in [5, 5.41) is 11.5. The minimum atomic E-state index is -4.91. The van der Waals surface area contributed by atoms with E-state index in [9.17, 15) is 22.8 Å². The molecule has 0 aliphatic rings. The van der Waals surface area contributed by atoms with Crippen LogP contribution in [0.5, 0.6) is 0 Å². The van der Waals surface area contributed by atoms with Crippen LogP contribution in [0.2, 0.25) is 5.02 Å². The predicted octanol–water partition coefficient (Wildman–Crippen LogP) is 4.39. The molecule has 0 spiro atoms. The number of halogens is 4. The summed E-state index contributed by atoms with van der Waals surface area (Å²) < 4.78 is 51.2. The van der Waals surface area contributed by atoms with Gasteiger partial charge in [-0.2, -0.15) is 30.0 Å². The zero-order chi connectivity index (χ0) is 25.7. The Labute approximate surface area is 210 Å². The third kappa shape index (κ3) is 6.07. The highest BCUT2D eigenvalue weighted by Gasteiger charge is 2.40. The summed E-state index contributed by atoms with van der Waals surface area (Å²) in [6.07, 6.45) is -5.18. The van der Waals surface area contributed by atoms with E-state index in [1.54, 1.807) is 6.07 Å². The molecule has 2 aromatic carbocycles. The van der Waals surface area contributed by atoms with Gasteiger partial charge in [-0.05, 0) is 52.3 Å². The summed E-state index contributed by atoms with van der Waals surface area (Å²) in [4.78, 5) is 24.2. The van der Waals surface area contributed by atoms with Crippen molar-refractivity contribution >= 4 is 46.4 Å². The fourth-order valence-electron chi connectivity index (χ4n) is 3.08. The minimum absolute atomic E-state index is 0.00241. The Balaban J connectivity index is 1.26. The molecule has 2 heterocycles. The van der Waals surface area contributed by atoms with Crippen LogP contribution in [0.15, 0.2) is 53.3 Å². The zero-order valence-corrected chi connectivity index (χ0v) is 19.7. The Kier molecular flexibility index (Phi) is 7.64. The van der Waals surface area contributed by atoms with Crippen molar-refractivity contribution < 1.29 is 32.1 Å². The first kappa shape index (κ1) is 25.3. The molecule has 0 bridgehead atoms. The maximum absolute atomic E-state index is 13.7. The number of ether oxygens (including phenoxy) is 1. The molecular weight excluding hydrogens is 525 g/mol. The van der Waals surface area contributed by atoms with Gasteiger partial charge in [0.25, 0.3) is 5.91 Å². The van der Waals surface area contributed by atoms with Gasteiger partial charge in [0.1, 0.15) is 17.6 Å². The number of benzene rings is 2. The lowest BCUT2D eigenvalue weighted by Gasteiger charge is -2.13. The normalized spacial score (nSPS) is 11.4. The molecule has 188 valence electrons. The highest BCUT2D eigenvalue weighted by Crippen LogP contribution is 2.33. The average Bonchev–Trinajstić information content (AvgIpc) is 3.50. The first-order chi connectivity index (χ1) is 17.2. The van der Waals surface area contributed by atoms with Gasteiger partial charge in [-0.1, -0.05) is 17.7 Å². The van der Waals surface area contributed by atoms with Crippen LogP contribution in [0.4, 0.5) is 18.0 Å². The summed E-state index contributed by atoms with van der Waals surface area (Å²) >= 11 is 7.25. The van der Waals surface area contributed by atoms with E-state index in [4.69, 9.17) is 16.3 Å². The third-order valence-corrected chi connectivity index (χ3v) is 5.92. The second-order valence-corrected chi connectivity index (χ2v) is 8.69. The van der Waals surface area contributed by atoms with E-state index in [0.29, 0.717) is 32.2 Å². The lowest BCUT2D eigenvalue weighted by molar-refractivity contribution is -0.143. The smallest absolute Gasteiger partial charge is 0.434 e. The van der Waals surface area contributed by atoms with E-state index in [-0.39, 0.29) is 12.3 Å². The number of carbonyl (C=O) groups excluding carboxylic acids is 2. The van der Waals surface area contributed by atoms with Crippen LogP contribution >= 0.6 is 23.4 Å². The number of hydrogen-bond donors (Lipinski definition) is 2. The van der Waals surface area contributed by atoms with Gasteiger partial charge in [0.05, 0.1) is 17.4 Å². The van der Waals surface area contributed by atoms with Crippen molar-refractivity contribution in [2.75, 3.05) is 12.4 Å². The molecule has 0 aliphatic heterocycles. The number of nitrogens with one attached hydrogen (secondary N) is 2. The van der Waals surface area contributed by atoms with Crippen molar-refractivity contribution in [2.45, 2.75) is 11.9 Å². The van der Waals surface area contributed by atoms with Crippen molar-refractivity contribution in [3.05, 3.63) is 70.5 Å².